The van der Waals surface area contributed by atoms with E-state index in [9.17, 15) is 17.6 Å². The van der Waals surface area contributed by atoms with Crippen molar-refractivity contribution in [1.82, 2.24) is 0 Å². The Morgan fingerprint density at radius 3 is 1.93 bits per heavy atom. The largest absolute Gasteiger partial charge is 0.206 e. The fourth-order valence-electron chi connectivity index (χ4n) is 2.74. The van der Waals surface area contributed by atoms with Gasteiger partial charge < -0.3 is 0 Å². The monoisotopic (exact) mass is 368 g/mol. The third-order valence-corrected chi connectivity index (χ3v) is 4.10. The first-order valence-electron chi connectivity index (χ1n) is 8.53. The van der Waals surface area contributed by atoms with E-state index >= 15 is 0 Å². The van der Waals surface area contributed by atoms with Crippen molar-refractivity contribution in [3.63, 3.8) is 0 Å². The molecule has 27 heavy (non-hydrogen) atoms. The van der Waals surface area contributed by atoms with E-state index in [4.69, 9.17) is 0 Å². The van der Waals surface area contributed by atoms with Gasteiger partial charge in [0.05, 0.1) is 0 Å². The van der Waals surface area contributed by atoms with Crippen LogP contribution in [0.4, 0.5) is 17.6 Å². The smallest absolute Gasteiger partial charge is 0.194 e. The first kappa shape index (κ1) is 18.7. The molecule has 0 saturated heterocycles. The van der Waals surface area contributed by atoms with Crippen molar-refractivity contribution in [3.05, 3.63) is 94.6 Å². The molecule has 0 aromatic heterocycles. The van der Waals surface area contributed by atoms with Crippen molar-refractivity contribution in [2.45, 2.75) is 19.8 Å². The van der Waals surface area contributed by atoms with Gasteiger partial charge in [0.15, 0.2) is 17.5 Å². The standard InChI is InChI=1S/C23H16F4/c1-2-3-16-8-11-19(20(24)12-16)18-9-6-15(7-10-18)4-5-17-13-21(25)23(27)22(26)14-17/h6-14H,2-3H2,1H3. The number of hydrogen-bond donors (Lipinski definition) is 0. The molecular formula is C23H16F4. The van der Waals surface area contributed by atoms with Gasteiger partial charge in [0.2, 0.25) is 0 Å². The second-order valence-electron chi connectivity index (χ2n) is 6.15. The average Bonchev–Trinajstić information content (AvgIpc) is 2.65. The van der Waals surface area contributed by atoms with Gasteiger partial charge >= 0.3 is 0 Å². The molecule has 0 nitrogen and oxygen atoms in total. The predicted octanol–water partition coefficient (Wildman–Crippen LogP) is 6.26. The Labute approximate surface area is 155 Å². The van der Waals surface area contributed by atoms with Gasteiger partial charge in [0.25, 0.3) is 0 Å². The zero-order valence-electron chi connectivity index (χ0n) is 14.6. The molecule has 4 heteroatoms. The van der Waals surface area contributed by atoms with Gasteiger partial charge in [-0.05, 0) is 47.9 Å². The third kappa shape index (κ3) is 4.38. The maximum atomic E-state index is 14.3. The van der Waals surface area contributed by atoms with E-state index in [2.05, 4.69) is 11.8 Å². The summed E-state index contributed by atoms with van der Waals surface area (Å²) in [6.07, 6.45) is 1.78. The summed E-state index contributed by atoms with van der Waals surface area (Å²) in [4.78, 5) is 0. The highest BCUT2D eigenvalue weighted by molar-refractivity contribution is 5.65. The van der Waals surface area contributed by atoms with Crippen molar-refractivity contribution in [3.8, 4) is 23.0 Å². The quantitative estimate of drug-likeness (QED) is 0.291. The fraction of sp³-hybridized carbons (Fsp3) is 0.130. The van der Waals surface area contributed by atoms with Crippen molar-refractivity contribution in [2.75, 3.05) is 0 Å². The molecule has 0 N–H and O–H groups in total. The SMILES string of the molecule is CCCc1ccc(-c2ccc(C#Cc3cc(F)c(F)c(F)c3)cc2)c(F)c1. The van der Waals surface area contributed by atoms with Crippen LogP contribution < -0.4 is 0 Å². The highest BCUT2D eigenvalue weighted by atomic mass is 19.2. The predicted molar refractivity (Wildman–Crippen MR) is 98.1 cm³/mol. The van der Waals surface area contributed by atoms with Gasteiger partial charge in [-0.15, -0.1) is 0 Å². The topological polar surface area (TPSA) is 0 Å². The molecule has 0 amide bonds. The maximum Gasteiger partial charge on any atom is 0.194 e. The zero-order valence-corrected chi connectivity index (χ0v) is 14.6. The Morgan fingerprint density at radius 1 is 0.704 bits per heavy atom. The number of halogens is 4. The van der Waals surface area contributed by atoms with Crippen LogP contribution in [0.25, 0.3) is 11.1 Å². The summed E-state index contributed by atoms with van der Waals surface area (Å²) >= 11 is 0. The van der Waals surface area contributed by atoms with Gasteiger partial charge in [0.1, 0.15) is 5.82 Å². The summed E-state index contributed by atoms with van der Waals surface area (Å²) in [6.45, 7) is 2.04. The number of rotatable bonds is 3. The number of hydrogen-bond acceptors (Lipinski definition) is 0. The van der Waals surface area contributed by atoms with Gasteiger partial charge in [-0.3, -0.25) is 0 Å². The van der Waals surface area contributed by atoms with Crippen LogP contribution in [0.15, 0.2) is 54.6 Å². The molecule has 0 saturated carbocycles. The molecule has 3 rings (SSSR count). The van der Waals surface area contributed by atoms with E-state index < -0.39 is 17.5 Å². The van der Waals surface area contributed by atoms with Crippen LogP contribution in [-0.4, -0.2) is 0 Å². The molecule has 136 valence electrons. The summed E-state index contributed by atoms with van der Waals surface area (Å²) in [5.74, 6) is 0.987. The van der Waals surface area contributed by atoms with E-state index in [1.54, 1.807) is 36.4 Å². The molecule has 0 radical (unpaired) electrons. The molecule has 0 unspecified atom stereocenters. The number of aryl methyl sites for hydroxylation is 1. The van der Waals surface area contributed by atoms with E-state index in [0.29, 0.717) is 16.7 Å². The van der Waals surface area contributed by atoms with Crippen LogP contribution in [0.3, 0.4) is 0 Å². The zero-order chi connectivity index (χ0) is 19.4. The lowest BCUT2D eigenvalue weighted by Crippen LogP contribution is -1.91. The van der Waals surface area contributed by atoms with E-state index in [1.165, 1.54) is 0 Å². The van der Waals surface area contributed by atoms with Crippen LogP contribution >= 0.6 is 0 Å². The van der Waals surface area contributed by atoms with Crippen molar-refractivity contribution < 1.29 is 17.6 Å². The van der Waals surface area contributed by atoms with Crippen molar-refractivity contribution in [1.29, 1.82) is 0 Å². The van der Waals surface area contributed by atoms with Crippen molar-refractivity contribution >= 4 is 0 Å². The molecule has 0 aliphatic carbocycles. The molecular weight excluding hydrogens is 352 g/mol. The summed E-state index contributed by atoms with van der Waals surface area (Å²) < 4.78 is 53.7. The highest BCUT2D eigenvalue weighted by Crippen LogP contribution is 2.24. The van der Waals surface area contributed by atoms with E-state index in [1.807, 2.05) is 13.0 Å². The van der Waals surface area contributed by atoms with Crippen LogP contribution in [0, 0.1) is 35.1 Å². The molecule has 3 aromatic rings. The first-order chi connectivity index (χ1) is 13.0. The summed E-state index contributed by atoms with van der Waals surface area (Å²) in [5.41, 5.74) is 2.79. The second-order valence-corrected chi connectivity index (χ2v) is 6.15. The highest BCUT2D eigenvalue weighted by Gasteiger charge is 2.09. The molecule has 0 spiro atoms. The molecule has 0 aliphatic heterocycles. The minimum Gasteiger partial charge on any atom is -0.206 e. The molecule has 0 atom stereocenters. The Balaban J connectivity index is 1.83. The lowest BCUT2D eigenvalue weighted by Gasteiger charge is -2.06. The molecule has 0 fully saturated rings. The molecule has 0 heterocycles. The van der Waals surface area contributed by atoms with Crippen LogP contribution in [-0.2, 0) is 6.42 Å². The maximum absolute atomic E-state index is 14.3. The molecule has 0 bridgehead atoms. The minimum absolute atomic E-state index is 0.0352. The first-order valence-corrected chi connectivity index (χ1v) is 8.53. The lowest BCUT2D eigenvalue weighted by molar-refractivity contribution is 0.446. The Hall–Kier alpha value is -3.06. The van der Waals surface area contributed by atoms with Crippen LogP contribution in [0.2, 0.25) is 0 Å². The van der Waals surface area contributed by atoms with Gasteiger partial charge in [-0.25, -0.2) is 17.6 Å². The van der Waals surface area contributed by atoms with Crippen molar-refractivity contribution in [2.24, 2.45) is 0 Å². The Kier molecular flexibility index (Phi) is 5.61. The minimum atomic E-state index is -1.52. The van der Waals surface area contributed by atoms with Gasteiger partial charge in [-0.2, -0.15) is 0 Å². The fourth-order valence-corrected chi connectivity index (χ4v) is 2.74. The summed E-state index contributed by atoms with van der Waals surface area (Å²) in [7, 11) is 0. The normalized spacial score (nSPS) is 10.4. The lowest BCUT2D eigenvalue weighted by atomic mass is 10.0. The van der Waals surface area contributed by atoms with E-state index in [0.717, 1.165) is 30.5 Å². The van der Waals surface area contributed by atoms with E-state index in [-0.39, 0.29) is 11.4 Å². The van der Waals surface area contributed by atoms with Gasteiger partial charge in [-0.1, -0.05) is 49.5 Å². The summed E-state index contributed by atoms with van der Waals surface area (Å²) in [6, 6.07) is 13.7. The number of benzene rings is 3. The second kappa shape index (κ2) is 8.09. The molecule has 0 aliphatic rings. The summed E-state index contributed by atoms with van der Waals surface area (Å²) in [5, 5.41) is 0. The van der Waals surface area contributed by atoms with Gasteiger partial charge in [0, 0.05) is 16.7 Å². The Morgan fingerprint density at radius 2 is 1.33 bits per heavy atom. The third-order valence-electron chi connectivity index (χ3n) is 4.10. The van der Waals surface area contributed by atoms with Crippen LogP contribution in [0.1, 0.15) is 30.0 Å². The van der Waals surface area contributed by atoms with Crippen LogP contribution in [0.5, 0.6) is 0 Å². The Bertz CT molecular complexity index is 1000. The molecule has 3 aromatic carbocycles. The average molecular weight is 368 g/mol.